The van der Waals surface area contributed by atoms with E-state index in [0.717, 1.165) is 4.47 Å². The highest BCUT2D eigenvalue weighted by Crippen LogP contribution is 2.08. The molecule has 0 atom stereocenters. The van der Waals surface area contributed by atoms with Crippen molar-refractivity contribution < 1.29 is 0 Å². The number of hydrogen-bond donors (Lipinski definition) is 0. The molecule has 0 fully saturated rings. The van der Waals surface area contributed by atoms with E-state index in [-0.39, 0.29) is 11.1 Å². The van der Waals surface area contributed by atoms with Crippen molar-refractivity contribution >= 4 is 31.9 Å². The third-order valence-electron chi connectivity index (χ3n) is 1.50. The normalized spacial score (nSPS) is 9.62. The third-order valence-corrected chi connectivity index (χ3v) is 2.29. The largest absolute Gasteiger partial charge is 0.312 e. The van der Waals surface area contributed by atoms with Gasteiger partial charge in [0.1, 0.15) is 11.6 Å². The topological polar surface area (TPSA) is 45.8 Å². The average Bonchev–Trinajstić information content (AvgIpc) is 2.11. The molecule has 1 rings (SSSR count). The van der Waals surface area contributed by atoms with Gasteiger partial charge in [0.15, 0.2) is 0 Å². The summed E-state index contributed by atoms with van der Waals surface area (Å²) < 4.78 is 2.24. The number of halogens is 2. The number of hydrogen-bond acceptors (Lipinski definition) is 2. The van der Waals surface area contributed by atoms with E-state index in [1.165, 1.54) is 10.6 Å². The Balaban J connectivity index is 3.30. The maximum atomic E-state index is 11.4. The molecule has 0 radical (unpaired) electrons. The molecule has 0 aromatic carbocycles. The maximum absolute atomic E-state index is 11.4. The van der Waals surface area contributed by atoms with Gasteiger partial charge in [-0.15, -0.1) is 0 Å². The molecular formula is C8H6Br2N2O. The van der Waals surface area contributed by atoms with E-state index in [1.807, 2.05) is 6.07 Å². The summed E-state index contributed by atoms with van der Waals surface area (Å²) in [6.45, 7) is 0.562. The maximum Gasteiger partial charge on any atom is 0.268 e. The number of nitriles is 1. The smallest absolute Gasteiger partial charge is 0.268 e. The van der Waals surface area contributed by atoms with E-state index in [0.29, 0.717) is 11.9 Å². The third kappa shape index (κ3) is 2.42. The highest BCUT2D eigenvalue weighted by atomic mass is 79.9. The van der Waals surface area contributed by atoms with Crippen LogP contribution in [0.4, 0.5) is 0 Å². The molecule has 1 heterocycles. The van der Waals surface area contributed by atoms with Crippen molar-refractivity contribution in [2.75, 3.05) is 5.33 Å². The fourth-order valence-corrected chi connectivity index (χ4v) is 1.79. The van der Waals surface area contributed by atoms with Gasteiger partial charge < -0.3 is 4.57 Å². The van der Waals surface area contributed by atoms with Crippen LogP contribution in [0.15, 0.2) is 21.5 Å². The van der Waals surface area contributed by atoms with Crippen LogP contribution in [0, 0.1) is 11.3 Å². The van der Waals surface area contributed by atoms with E-state index in [1.54, 1.807) is 6.20 Å². The van der Waals surface area contributed by atoms with Gasteiger partial charge >= 0.3 is 0 Å². The van der Waals surface area contributed by atoms with Gasteiger partial charge in [-0.05, 0) is 22.0 Å². The van der Waals surface area contributed by atoms with Gasteiger partial charge in [-0.3, -0.25) is 4.79 Å². The molecule has 13 heavy (non-hydrogen) atoms. The Kier molecular flexibility index (Phi) is 3.70. The standard InChI is InChI=1S/C8H6Br2N2O/c9-1-2-12-5-7(10)3-6(4-11)8(12)13/h3,5H,1-2H2. The predicted octanol–water partition coefficient (Wildman–Crippen LogP) is 1.88. The summed E-state index contributed by atoms with van der Waals surface area (Å²) >= 11 is 6.47. The van der Waals surface area contributed by atoms with Crippen LogP contribution >= 0.6 is 31.9 Å². The molecule has 3 nitrogen and oxygen atoms in total. The molecule has 1 aromatic heterocycles. The zero-order valence-corrected chi connectivity index (χ0v) is 9.80. The SMILES string of the molecule is N#Cc1cc(Br)cn(CCBr)c1=O. The van der Waals surface area contributed by atoms with Crippen LogP contribution in [0.1, 0.15) is 5.56 Å². The minimum Gasteiger partial charge on any atom is -0.312 e. The average molecular weight is 306 g/mol. The van der Waals surface area contributed by atoms with Crippen molar-refractivity contribution in [2.45, 2.75) is 6.54 Å². The molecule has 0 aliphatic carbocycles. The summed E-state index contributed by atoms with van der Waals surface area (Å²) in [5.41, 5.74) is -0.0829. The Morgan fingerprint density at radius 3 is 2.85 bits per heavy atom. The van der Waals surface area contributed by atoms with Crippen molar-refractivity contribution in [3.63, 3.8) is 0 Å². The zero-order valence-electron chi connectivity index (χ0n) is 6.63. The first-order valence-corrected chi connectivity index (χ1v) is 5.46. The second-order valence-corrected chi connectivity index (χ2v) is 4.08. The van der Waals surface area contributed by atoms with Crippen molar-refractivity contribution in [1.82, 2.24) is 4.57 Å². The molecule has 0 saturated carbocycles. The van der Waals surface area contributed by atoms with E-state index in [4.69, 9.17) is 5.26 Å². The van der Waals surface area contributed by atoms with Crippen molar-refractivity contribution in [3.05, 3.63) is 32.7 Å². The Morgan fingerprint density at radius 2 is 2.31 bits per heavy atom. The summed E-state index contributed by atoms with van der Waals surface area (Å²) in [6.07, 6.45) is 1.67. The fraction of sp³-hybridized carbons (Fsp3) is 0.250. The lowest BCUT2D eigenvalue weighted by molar-refractivity contribution is 0.733. The van der Waals surface area contributed by atoms with Gasteiger partial charge in [-0.2, -0.15) is 5.26 Å². The van der Waals surface area contributed by atoms with Crippen LogP contribution in [0.25, 0.3) is 0 Å². The fourth-order valence-electron chi connectivity index (χ4n) is 0.936. The minimum atomic E-state index is -0.245. The highest BCUT2D eigenvalue weighted by Gasteiger charge is 2.03. The Bertz CT molecular complexity index is 406. The van der Waals surface area contributed by atoms with Gasteiger partial charge in [0.05, 0.1) is 0 Å². The first-order chi connectivity index (χ1) is 6.19. The molecule has 0 aliphatic rings. The molecule has 1 aromatic rings. The minimum absolute atomic E-state index is 0.162. The van der Waals surface area contributed by atoms with E-state index in [2.05, 4.69) is 31.9 Å². The summed E-state index contributed by atoms with van der Waals surface area (Å²) in [5, 5.41) is 9.33. The second-order valence-electron chi connectivity index (χ2n) is 2.37. The molecule has 68 valence electrons. The lowest BCUT2D eigenvalue weighted by Gasteiger charge is -2.03. The second kappa shape index (κ2) is 4.58. The molecule has 0 saturated heterocycles. The van der Waals surface area contributed by atoms with Gasteiger partial charge in [0, 0.05) is 22.5 Å². The van der Waals surface area contributed by atoms with Crippen molar-refractivity contribution in [1.29, 1.82) is 5.26 Å². The summed E-state index contributed by atoms with van der Waals surface area (Å²) in [4.78, 5) is 11.4. The lowest BCUT2D eigenvalue weighted by atomic mass is 10.3. The van der Waals surface area contributed by atoms with E-state index < -0.39 is 0 Å². The van der Waals surface area contributed by atoms with Crippen LogP contribution < -0.4 is 5.56 Å². The Labute approximate surface area is 92.2 Å². The molecule has 0 bridgehead atoms. The molecule has 0 N–H and O–H groups in total. The van der Waals surface area contributed by atoms with E-state index >= 15 is 0 Å². The number of aryl methyl sites for hydroxylation is 1. The number of alkyl halides is 1. The van der Waals surface area contributed by atoms with Gasteiger partial charge in [-0.25, -0.2) is 0 Å². The Morgan fingerprint density at radius 1 is 1.62 bits per heavy atom. The molecule has 5 heteroatoms. The summed E-state index contributed by atoms with van der Waals surface area (Å²) in [5.74, 6) is 0. The summed E-state index contributed by atoms with van der Waals surface area (Å²) in [7, 11) is 0. The molecule has 0 spiro atoms. The number of pyridine rings is 1. The van der Waals surface area contributed by atoms with Crippen LogP contribution in [-0.2, 0) is 6.54 Å². The zero-order chi connectivity index (χ0) is 9.84. The first-order valence-electron chi connectivity index (χ1n) is 3.55. The predicted molar refractivity (Wildman–Crippen MR) is 56.9 cm³/mol. The number of aromatic nitrogens is 1. The number of rotatable bonds is 2. The quantitative estimate of drug-likeness (QED) is 0.783. The molecule has 0 unspecified atom stereocenters. The van der Waals surface area contributed by atoms with Crippen LogP contribution in [-0.4, -0.2) is 9.90 Å². The van der Waals surface area contributed by atoms with E-state index in [9.17, 15) is 4.79 Å². The number of nitrogens with zero attached hydrogens (tertiary/aromatic N) is 2. The molecule has 0 amide bonds. The van der Waals surface area contributed by atoms with Gasteiger partial charge in [0.2, 0.25) is 0 Å². The monoisotopic (exact) mass is 304 g/mol. The van der Waals surface area contributed by atoms with Crippen LogP contribution in [0.5, 0.6) is 0 Å². The van der Waals surface area contributed by atoms with Gasteiger partial charge in [-0.1, -0.05) is 15.9 Å². The molecular weight excluding hydrogens is 300 g/mol. The van der Waals surface area contributed by atoms with Gasteiger partial charge in [0.25, 0.3) is 5.56 Å². The lowest BCUT2D eigenvalue weighted by Crippen LogP contribution is -2.22. The van der Waals surface area contributed by atoms with Crippen LogP contribution in [0.3, 0.4) is 0 Å². The van der Waals surface area contributed by atoms with Crippen molar-refractivity contribution in [2.24, 2.45) is 0 Å². The Hall–Kier alpha value is -0.600. The highest BCUT2D eigenvalue weighted by molar-refractivity contribution is 9.10. The van der Waals surface area contributed by atoms with Crippen LogP contribution in [0.2, 0.25) is 0 Å². The van der Waals surface area contributed by atoms with Crippen molar-refractivity contribution in [3.8, 4) is 6.07 Å². The molecule has 0 aliphatic heterocycles. The summed E-state index contributed by atoms with van der Waals surface area (Å²) in [6, 6.07) is 3.38. The first kappa shape index (κ1) is 10.5.